The van der Waals surface area contributed by atoms with E-state index >= 15 is 0 Å². The average Bonchev–Trinajstić information content (AvgIpc) is 2.39. The van der Waals surface area contributed by atoms with Crippen molar-refractivity contribution in [3.8, 4) is 5.75 Å². The molecule has 0 unspecified atom stereocenters. The Morgan fingerprint density at radius 2 is 1.72 bits per heavy atom. The second kappa shape index (κ2) is 10.2. The summed E-state index contributed by atoms with van der Waals surface area (Å²) in [6.45, 7) is 3.63. The van der Waals surface area contributed by atoms with Crippen LogP contribution in [0.4, 0.5) is 0 Å². The first kappa shape index (κ1) is 15.3. The van der Waals surface area contributed by atoms with Gasteiger partial charge in [0.1, 0.15) is 5.75 Å². The summed E-state index contributed by atoms with van der Waals surface area (Å²) in [7, 11) is 1.73. The van der Waals surface area contributed by atoms with E-state index in [1.807, 2.05) is 24.3 Å². The summed E-state index contributed by atoms with van der Waals surface area (Å²) in [5.74, 6) is 0.882. The van der Waals surface area contributed by atoms with Gasteiger partial charge in [-0.2, -0.15) is 0 Å². The molecule has 1 N–H and O–H groups in total. The van der Waals surface area contributed by atoms with Gasteiger partial charge in [0, 0.05) is 18.7 Å². The van der Waals surface area contributed by atoms with E-state index < -0.39 is 0 Å². The van der Waals surface area contributed by atoms with Gasteiger partial charge >= 0.3 is 0 Å². The second-order valence-corrected chi connectivity index (χ2v) is 4.54. The highest BCUT2D eigenvalue weighted by Gasteiger charge is 1.94. The standard InChI is InChI=1S/C14H22ClNO2/c1-17-11-4-10-16-9-2-3-12-18-14-7-5-13(15)6-8-14/h5-8,16H,2-4,9-12H2,1H3. The van der Waals surface area contributed by atoms with Gasteiger partial charge in [0.05, 0.1) is 6.61 Å². The third-order valence-electron chi connectivity index (χ3n) is 2.53. The van der Waals surface area contributed by atoms with Crippen LogP contribution in [0, 0.1) is 0 Å². The van der Waals surface area contributed by atoms with Crippen molar-refractivity contribution < 1.29 is 9.47 Å². The molecule has 0 aliphatic rings. The van der Waals surface area contributed by atoms with Crippen molar-refractivity contribution in [2.45, 2.75) is 19.3 Å². The van der Waals surface area contributed by atoms with Gasteiger partial charge < -0.3 is 14.8 Å². The Morgan fingerprint density at radius 3 is 2.44 bits per heavy atom. The molecule has 0 saturated heterocycles. The molecule has 0 saturated carbocycles. The monoisotopic (exact) mass is 271 g/mol. The minimum atomic E-state index is 0.739. The molecule has 1 aromatic carbocycles. The zero-order chi connectivity index (χ0) is 13.1. The van der Waals surface area contributed by atoms with E-state index in [-0.39, 0.29) is 0 Å². The Kier molecular flexibility index (Phi) is 8.65. The van der Waals surface area contributed by atoms with Crippen LogP contribution in [-0.2, 0) is 4.74 Å². The minimum absolute atomic E-state index is 0.739. The minimum Gasteiger partial charge on any atom is -0.494 e. The van der Waals surface area contributed by atoms with Crippen LogP contribution in [0.3, 0.4) is 0 Å². The van der Waals surface area contributed by atoms with E-state index in [2.05, 4.69) is 5.32 Å². The van der Waals surface area contributed by atoms with Crippen molar-refractivity contribution in [3.63, 3.8) is 0 Å². The van der Waals surface area contributed by atoms with Crippen LogP contribution in [0.5, 0.6) is 5.75 Å². The highest BCUT2D eigenvalue weighted by atomic mass is 35.5. The molecule has 102 valence electrons. The molecule has 1 aromatic rings. The quantitative estimate of drug-likeness (QED) is 0.663. The van der Waals surface area contributed by atoms with Gasteiger partial charge in [-0.25, -0.2) is 0 Å². The van der Waals surface area contributed by atoms with Crippen LogP contribution < -0.4 is 10.1 Å². The summed E-state index contributed by atoms with van der Waals surface area (Å²) in [5, 5.41) is 4.11. The van der Waals surface area contributed by atoms with E-state index in [0.29, 0.717) is 0 Å². The molecule has 0 aromatic heterocycles. The van der Waals surface area contributed by atoms with Gasteiger partial charge in [0.15, 0.2) is 0 Å². The molecule has 0 amide bonds. The third-order valence-corrected chi connectivity index (χ3v) is 2.78. The van der Waals surface area contributed by atoms with Gasteiger partial charge in [-0.3, -0.25) is 0 Å². The number of methoxy groups -OCH3 is 1. The number of rotatable bonds is 10. The molecule has 0 radical (unpaired) electrons. The Hall–Kier alpha value is -0.770. The van der Waals surface area contributed by atoms with Crippen LogP contribution in [0.2, 0.25) is 5.02 Å². The molecule has 0 heterocycles. The molecule has 0 spiro atoms. The number of benzene rings is 1. The lowest BCUT2D eigenvalue weighted by Gasteiger charge is -2.07. The predicted molar refractivity (Wildman–Crippen MR) is 75.5 cm³/mol. The summed E-state index contributed by atoms with van der Waals surface area (Å²) >= 11 is 5.79. The van der Waals surface area contributed by atoms with E-state index in [9.17, 15) is 0 Å². The number of unbranched alkanes of at least 4 members (excludes halogenated alkanes) is 1. The van der Waals surface area contributed by atoms with Gasteiger partial charge in [-0.05, 0) is 56.6 Å². The number of nitrogens with one attached hydrogen (secondary N) is 1. The molecular formula is C14H22ClNO2. The number of hydrogen-bond donors (Lipinski definition) is 1. The SMILES string of the molecule is COCCCNCCCCOc1ccc(Cl)cc1. The molecule has 0 aliphatic carbocycles. The maximum absolute atomic E-state index is 5.79. The van der Waals surface area contributed by atoms with Crippen molar-refractivity contribution in [3.05, 3.63) is 29.3 Å². The molecule has 0 atom stereocenters. The van der Waals surface area contributed by atoms with E-state index in [4.69, 9.17) is 21.1 Å². The number of halogens is 1. The first-order valence-electron chi connectivity index (χ1n) is 6.41. The fraction of sp³-hybridized carbons (Fsp3) is 0.571. The van der Waals surface area contributed by atoms with Crippen molar-refractivity contribution in [2.24, 2.45) is 0 Å². The summed E-state index contributed by atoms with van der Waals surface area (Å²) < 4.78 is 10.6. The molecule has 0 fully saturated rings. The molecule has 0 bridgehead atoms. The average molecular weight is 272 g/mol. The van der Waals surface area contributed by atoms with Gasteiger partial charge in [-0.1, -0.05) is 11.6 Å². The normalized spacial score (nSPS) is 10.6. The molecule has 0 aliphatic heterocycles. The number of hydrogen-bond acceptors (Lipinski definition) is 3. The summed E-state index contributed by atoms with van der Waals surface area (Å²) in [5.41, 5.74) is 0. The Balaban J connectivity index is 1.91. The summed E-state index contributed by atoms with van der Waals surface area (Å²) in [6, 6.07) is 7.47. The number of ether oxygens (including phenoxy) is 2. The van der Waals surface area contributed by atoms with Crippen LogP contribution in [0.1, 0.15) is 19.3 Å². The fourth-order valence-electron chi connectivity index (χ4n) is 1.54. The Bertz CT molecular complexity index is 303. The summed E-state index contributed by atoms with van der Waals surface area (Å²) in [6.07, 6.45) is 3.25. The Labute approximate surface area is 114 Å². The lowest BCUT2D eigenvalue weighted by Crippen LogP contribution is -2.18. The van der Waals surface area contributed by atoms with Gasteiger partial charge in [-0.15, -0.1) is 0 Å². The third kappa shape index (κ3) is 7.54. The first-order valence-corrected chi connectivity index (χ1v) is 6.79. The van der Waals surface area contributed by atoms with Crippen molar-refractivity contribution >= 4 is 11.6 Å². The van der Waals surface area contributed by atoms with E-state index in [1.165, 1.54) is 0 Å². The van der Waals surface area contributed by atoms with Crippen molar-refractivity contribution in [1.82, 2.24) is 5.32 Å². The zero-order valence-electron chi connectivity index (χ0n) is 11.0. The van der Waals surface area contributed by atoms with Crippen LogP contribution in [0.15, 0.2) is 24.3 Å². The van der Waals surface area contributed by atoms with Crippen LogP contribution in [0.25, 0.3) is 0 Å². The largest absolute Gasteiger partial charge is 0.494 e. The Morgan fingerprint density at radius 1 is 1.00 bits per heavy atom. The van der Waals surface area contributed by atoms with Crippen molar-refractivity contribution in [1.29, 1.82) is 0 Å². The zero-order valence-corrected chi connectivity index (χ0v) is 11.7. The predicted octanol–water partition coefficient (Wildman–Crippen LogP) is 3.13. The first-order chi connectivity index (χ1) is 8.83. The maximum atomic E-state index is 5.79. The summed E-state index contributed by atoms with van der Waals surface area (Å²) in [4.78, 5) is 0. The van der Waals surface area contributed by atoms with Crippen molar-refractivity contribution in [2.75, 3.05) is 33.4 Å². The topological polar surface area (TPSA) is 30.5 Å². The highest BCUT2D eigenvalue weighted by molar-refractivity contribution is 6.30. The fourth-order valence-corrected chi connectivity index (χ4v) is 1.67. The van der Waals surface area contributed by atoms with Crippen LogP contribution >= 0.6 is 11.6 Å². The van der Waals surface area contributed by atoms with Gasteiger partial charge in [0.2, 0.25) is 0 Å². The molecule has 1 rings (SSSR count). The molecular weight excluding hydrogens is 250 g/mol. The molecule has 4 heteroatoms. The molecule has 3 nitrogen and oxygen atoms in total. The lowest BCUT2D eigenvalue weighted by atomic mass is 10.3. The van der Waals surface area contributed by atoms with E-state index in [1.54, 1.807) is 7.11 Å². The maximum Gasteiger partial charge on any atom is 0.119 e. The highest BCUT2D eigenvalue weighted by Crippen LogP contribution is 2.15. The van der Waals surface area contributed by atoms with Gasteiger partial charge in [0.25, 0.3) is 0 Å². The lowest BCUT2D eigenvalue weighted by molar-refractivity contribution is 0.194. The second-order valence-electron chi connectivity index (χ2n) is 4.11. The van der Waals surface area contributed by atoms with Crippen LogP contribution in [-0.4, -0.2) is 33.4 Å². The molecule has 18 heavy (non-hydrogen) atoms. The smallest absolute Gasteiger partial charge is 0.119 e. The van der Waals surface area contributed by atoms with E-state index in [0.717, 1.165) is 56.3 Å².